The second-order valence-electron chi connectivity index (χ2n) is 5.29. The van der Waals surface area contributed by atoms with Crippen LogP contribution in [0.15, 0.2) is 67.3 Å². The minimum atomic E-state index is 0.119. The molecule has 0 saturated carbocycles. The lowest BCUT2D eigenvalue weighted by Gasteiger charge is -2.26. The summed E-state index contributed by atoms with van der Waals surface area (Å²) < 4.78 is 0. The van der Waals surface area contributed by atoms with E-state index in [-0.39, 0.29) is 5.41 Å². The summed E-state index contributed by atoms with van der Waals surface area (Å²) in [6.45, 7) is 8.42. The van der Waals surface area contributed by atoms with E-state index < -0.39 is 0 Å². The first-order chi connectivity index (χ1) is 8.65. The predicted molar refractivity (Wildman–Crippen MR) is 79.7 cm³/mol. The van der Waals surface area contributed by atoms with E-state index in [1.54, 1.807) is 0 Å². The average Bonchev–Trinajstić information content (AvgIpc) is 2.40. The van der Waals surface area contributed by atoms with Gasteiger partial charge in [0.15, 0.2) is 0 Å². The first-order valence-corrected chi connectivity index (χ1v) is 6.41. The molecule has 0 saturated heterocycles. The van der Waals surface area contributed by atoms with Crippen LogP contribution in [-0.4, -0.2) is 0 Å². The lowest BCUT2D eigenvalue weighted by molar-refractivity contribution is 0.536. The average molecular weight is 236 g/mol. The Bertz CT molecular complexity index is 521. The molecular weight excluding hydrogens is 216 g/mol. The third kappa shape index (κ3) is 2.53. The van der Waals surface area contributed by atoms with Gasteiger partial charge in [-0.15, -0.1) is 6.58 Å². The highest BCUT2D eigenvalue weighted by atomic mass is 14.3. The van der Waals surface area contributed by atoms with Crippen LogP contribution in [0.25, 0.3) is 11.1 Å². The van der Waals surface area contributed by atoms with Crippen molar-refractivity contribution >= 4 is 0 Å². The third-order valence-corrected chi connectivity index (χ3v) is 3.40. The van der Waals surface area contributed by atoms with Crippen LogP contribution in [0.4, 0.5) is 0 Å². The molecule has 2 aromatic carbocycles. The van der Waals surface area contributed by atoms with Crippen LogP contribution < -0.4 is 0 Å². The quantitative estimate of drug-likeness (QED) is 0.639. The highest BCUT2D eigenvalue weighted by molar-refractivity contribution is 5.68. The molecule has 0 nitrogen and oxygen atoms in total. The molecule has 0 aromatic heterocycles. The second kappa shape index (κ2) is 5.22. The Kier molecular flexibility index (Phi) is 3.66. The van der Waals surface area contributed by atoms with Crippen molar-refractivity contribution in [1.29, 1.82) is 0 Å². The lowest BCUT2D eigenvalue weighted by atomic mass is 9.78. The van der Waals surface area contributed by atoms with Crippen LogP contribution in [0.3, 0.4) is 0 Å². The molecule has 0 fully saturated rings. The maximum absolute atomic E-state index is 3.87. The maximum atomic E-state index is 3.87. The second-order valence-corrected chi connectivity index (χ2v) is 5.29. The van der Waals surface area contributed by atoms with Crippen LogP contribution >= 0.6 is 0 Å². The number of hydrogen-bond donors (Lipinski definition) is 0. The number of hydrogen-bond acceptors (Lipinski definition) is 0. The zero-order valence-corrected chi connectivity index (χ0v) is 11.2. The Labute approximate surface area is 110 Å². The number of rotatable bonds is 4. The Morgan fingerprint density at radius 1 is 0.944 bits per heavy atom. The molecule has 0 heteroatoms. The highest BCUT2D eigenvalue weighted by Gasteiger charge is 2.22. The van der Waals surface area contributed by atoms with Gasteiger partial charge in [-0.05, 0) is 28.5 Å². The van der Waals surface area contributed by atoms with E-state index in [1.165, 1.54) is 16.7 Å². The molecule has 0 atom stereocenters. The van der Waals surface area contributed by atoms with E-state index in [4.69, 9.17) is 0 Å². The Morgan fingerprint density at radius 3 is 2.22 bits per heavy atom. The van der Waals surface area contributed by atoms with Crippen molar-refractivity contribution in [2.75, 3.05) is 0 Å². The SMILES string of the molecule is C=CCC(C)(C)c1ccccc1-c1ccccc1. The van der Waals surface area contributed by atoms with E-state index in [1.807, 2.05) is 6.08 Å². The van der Waals surface area contributed by atoms with E-state index in [2.05, 4.69) is 75.0 Å². The van der Waals surface area contributed by atoms with E-state index >= 15 is 0 Å². The Balaban J connectivity index is 2.53. The summed E-state index contributed by atoms with van der Waals surface area (Å²) in [5.74, 6) is 0. The van der Waals surface area contributed by atoms with Crippen LogP contribution in [0.1, 0.15) is 25.8 Å². The van der Waals surface area contributed by atoms with E-state index in [0.717, 1.165) is 6.42 Å². The molecule has 0 aliphatic carbocycles. The molecule has 0 aliphatic heterocycles. The van der Waals surface area contributed by atoms with Gasteiger partial charge >= 0.3 is 0 Å². The summed E-state index contributed by atoms with van der Waals surface area (Å²) in [7, 11) is 0. The molecule has 0 radical (unpaired) electrons. The van der Waals surface area contributed by atoms with E-state index in [9.17, 15) is 0 Å². The molecule has 0 amide bonds. The van der Waals surface area contributed by atoms with Crippen molar-refractivity contribution in [3.8, 4) is 11.1 Å². The maximum Gasteiger partial charge on any atom is -0.00631 e. The van der Waals surface area contributed by atoms with Gasteiger partial charge in [-0.25, -0.2) is 0 Å². The van der Waals surface area contributed by atoms with Crippen molar-refractivity contribution < 1.29 is 0 Å². The molecule has 92 valence electrons. The van der Waals surface area contributed by atoms with Gasteiger partial charge in [0, 0.05) is 0 Å². The monoisotopic (exact) mass is 236 g/mol. The predicted octanol–water partition coefficient (Wildman–Crippen LogP) is 5.21. The van der Waals surface area contributed by atoms with Gasteiger partial charge in [-0.2, -0.15) is 0 Å². The third-order valence-electron chi connectivity index (χ3n) is 3.40. The van der Waals surface area contributed by atoms with Gasteiger partial charge in [-0.3, -0.25) is 0 Å². The van der Waals surface area contributed by atoms with Gasteiger partial charge in [0.2, 0.25) is 0 Å². The summed E-state index contributed by atoms with van der Waals surface area (Å²) >= 11 is 0. The highest BCUT2D eigenvalue weighted by Crippen LogP contribution is 2.35. The first kappa shape index (κ1) is 12.6. The smallest absolute Gasteiger partial charge is 0.00631 e. The van der Waals surface area contributed by atoms with Crippen molar-refractivity contribution in [2.24, 2.45) is 0 Å². The fourth-order valence-corrected chi connectivity index (χ4v) is 2.41. The molecule has 0 unspecified atom stereocenters. The molecule has 2 rings (SSSR count). The van der Waals surface area contributed by atoms with Crippen molar-refractivity contribution in [1.82, 2.24) is 0 Å². The van der Waals surface area contributed by atoms with E-state index in [0.29, 0.717) is 0 Å². The molecule has 0 N–H and O–H groups in total. The molecule has 18 heavy (non-hydrogen) atoms. The van der Waals surface area contributed by atoms with Crippen molar-refractivity contribution in [2.45, 2.75) is 25.7 Å². The summed E-state index contributed by atoms with van der Waals surface area (Å²) in [5.41, 5.74) is 4.11. The first-order valence-electron chi connectivity index (χ1n) is 6.41. The van der Waals surface area contributed by atoms with Gasteiger partial charge in [0.1, 0.15) is 0 Å². The molecular formula is C18H20. The summed E-state index contributed by atoms with van der Waals surface area (Å²) in [5, 5.41) is 0. The molecule has 0 spiro atoms. The fraction of sp³-hybridized carbons (Fsp3) is 0.222. The van der Waals surface area contributed by atoms with Gasteiger partial charge in [-0.1, -0.05) is 74.5 Å². The van der Waals surface area contributed by atoms with Crippen molar-refractivity contribution in [3.05, 3.63) is 72.8 Å². The summed E-state index contributed by atoms with van der Waals surface area (Å²) in [6.07, 6.45) is 2.98. The standard InChI is InChI=1S/C18H20/c1-4-14-18(2,3)17-13-9-8-12-16(17)15-10-6-5-7-11-15/h4-13H,1,14H2,2-3H3. The summed E-state index contributed by atoms with van der Waals surface area (Å²) in [6, 6.07) is 19.2. The molecule has 0 heterocycles. The van der Waals surface area contributed by atoms with Crippen LogP contribution in [0, 0.1) is 0 Å². The van der Waals surface area contributed by atoms with Gasteiger partial charge in [0.05, 0.1) is 0 Å². The fourth-order valence-electron chi connectivity index (χ4n) is 2.41. The van der Waals surface area contributed by atoms with Crippen molar-refractivity contribution in [3.63, 3.8) is 0 Å². The molecule has 0 aliphatic rings. The molecule has 2 aromatic rings. The zero-order chi connectivity index (χ0) is 13.0. The minimum absolute atomic E-state index is 0.119. The van der Waals surface area contributed by atoms with Crippen LogP contribution in [0.5, 0.6) is 0 Å². The zero-order valence-electron chi connectivity index (χ0n) is 11.2. The van der Waals surface area contributed by atoms with Crippen LogP contribution in [-0.2, 0) is 5.41 Å². The Morgan fingerprint density at radius 2 is 1.56 bits per heavy atom. The van der Waals surface area contributed by atoms with Gasteiger partial charge in [0.25, 0.3) is 0 Å². The largest absolute Gasteiger partial charge is 0.103 e. The Hall–Kier alpha value is -1.82. The normalized spacial score (nSPS) is 11.2. The minimum Gasteiger partial charge on any atom is -0.103 e. The van der Waals surface area contributed by atoms with Gasteiger partial charge < -0.3 is 0 Å². The topological polar surface area (TPSA) is 0 Å². The summed E-state index contributed by atoms with van der Waals surface area (Å²) in [4.78, 5) is 0. The van der Waals surface area contributed by atoms with Crippen LogP contribution in [0.2, 0.25) is 0 Å². The molecule has 0 bridgehead atoms. The number of benzene rings is 2. The lowest BCUT2D eigenvalue weighted by Crippen LogP contribution is -2.17. The number of allylic oxidation sites excluding steroid dienone is 1.